The van der Waals surface area contributed by atoms with E-state index in [2.05, 4.69) is 34.4 Å². The van der Waals surface area contributed by atoms with Gasteiger partial charge in [-0.15, -0.1) is 24.0 Å². The number of anilines is 1. The normalized spacial score (nSPS) is 21.6. The van der Waals surface area contributed by atoms with Crippen LogP contribution in [0.15, 0.2) is 23.2 Å². The maximum Gasteiger partial charge on any atom is 0.191 e. The lowest BCUT2D eigenvalue weighted by atomic mass is 10.1. The average Bonchev–Trinajstić information content (AvgIpc) is 3.16. The van der Waals surface area contributed by atoms with E-state index in [4.69, 9.17) is 4.99 Å². The molecule has 6 nitrogen and oxygen atoms in total. The van der Waals surface area contributed by atoms with Crippen LogP contribution in [0.4, 0.5) is 14.5 Å². The van der Waals surface area contributed by atoms with Gasteiger partial charge >= 0.3 is 0 Å². The van der Waals surface area contributed by atoms with Crippen LogP contribution in [0.5, 0.6) is 0 Å². The molecule has 2 aliphatic heterocycles. The van der Waals surface area contributed by atoms with Crippen LogP contribution in [0.25, 0.3) is 0 Å². The van der Waals surface area contributed by atoms with Crippen LogP contribution in [0.1, 0.15) is 20.3 Å². The van der Waals surface area contributed by atoms with E-state index in [-0.39, 0.29) is 35.7 Å². The molecule has 2 atom stereocenters. The van der Waals surface area contributed by atoms with Crippen molar-refractivity contribution in [2.24, 2.45) is 10.9 Å². The molecular weight excluding hydrogens is 513 g/mol. The molecule has 0 spiro atoms. The quantitative estimate of drug-likeness (QED) is 0.311. The van der Waals surface area contributed by atoms with Gasteiger partial charge < -0.3 is 25.3 Å². The highest BCUT2D eigenvalue weighted by Gasteiger charge is 2.27. The van der Waals surface area contributed by atoms with E-state index in [0.29, 0.717) is 19.0 Å². The van der Waals surface area contributed by atoms with Gasteiger partial charge in [0.1, 0.15) is 17.3 Å². The molecule has 2 aliphatic rings. The first-order valence-corrected chi connectivity index (χ1v) is 11.1. The second-order valence-electron chi connectivity index (χ2n) is 8.57. The molecule has 0 amide bonds. The summed E-state index contributed by atoms with van der Waals surface area (Å²) in [4.78, 5) is 11.4. The van der Waals surface area contributed by atoms with Crippen molar-refractivity contribution in [2.75, 3.05) is 70.9 Å². The number of para-hydroxylation sites is 1. The monoisotopic (exact) mass is 550 g/mol. The Hall–Kier alpha value is -1.20. The average molecular weight is 550 g/mol. The number of benzene rings is 1. The Bertz CT molecular complexity index is 691. The molecule has 0 saturated carbocycles. The zero-order valence-electron chi connectivity index (χ0n) is 18.9. The summed E-state index contributed by atoms with van der Waals surface area (Å²) in [6.07, 6.45) is 0.815. The highest BCUT2D eigenvalue weighted by Crippen LogP contribution is 2.26. The minimum atomic E-state index is -0.506. The third kappa shape index (κ3) is 7.71. The van der Waals surface area contributed by atoms with Crippen LogP contribution < -0.4 is 15.5 Å². The van der Waals surface area contributed by atoms with E-state index in [1.54, 1.807) is 4.90 Å². The van der Waals surface area contributed by atoms with Crippen LogP contribution in [0.3, 0.4) is 0 Å². The summed E-state index contributed by atoms with van der Waals surface area (Å²) in [6.45, 7) is 12.5. The van der Waals surface area contributed by atoms with Crippen molar-refractivity contribution >= 4 is 35.6 Å². The summed E-state index contributed by atoms with van der Waals surface area (Å²) >= 11 is 0. The Morgan fingerprint density at radius 2 is 1.84 bits per heavy atom. The topological polar surface area (TPSA) is 46.1 Å². The SMILES string of the molecule is CCNC(=NCC(C)CN1CCN(C)CC1)NC1CCN(c2c(F)cccc2F)C1.I. The maximum absolute atomic E-state index is 14.1. The number of rotatable bonds is 7. The number of piperazine rings is 1. The van der Waals surface area contributed by atoms with Crippen LogP contribution in [0.2, 0.25) is 0 Å². The van der Waals surface area contributed by atoms with Crippen LogP contribution >= 0.6 is 24.0 Å². The lowest BCUT2D eigenvalue weighted by molar-refractivity contribution is 0.140. The summed E-state index contributed by atoms with van der Waals surface area (Å²) in [5.41, 5.74) is 0.0736. The number of guanidine groups is 1. The summed E-state index contributed by atoms with van der Waals surface area (Å²) in [7, 11) is 2.17. The van der Waals surface area contributed by atoms with E-state index in [0.717, 1.165) is 58.2 Å². The summed E-state index contributed by atoms with van der Waals surface area (Å²) in [6, 6.07) is 4.13. The number of hydrogen-bond donors (Lipinski definition) is 2. The third-order valence-corrected chi connectivity index (χ3v) is 5.85. The van der Waals surface area contributed by atoms with Crippen molar-refractivity contribution < 1.29 is 8.78 Å². The number of halogens is 3. The van der Waals surface area contributed by atoms with Crippen molar-refractivity contribution in [3.63, 3.8) is 0 Å². The Kier molecular flexibility index (Phi) is 10.7. The number of hydrogen-bond acceptors (Lipinski definition) is 4. The molecule has 176 valence electrons. The van der Waals surface area contributed by atoms with Gasteiger partial charge in [-0.05, 0) is 38.4 Å². The van der Waals surface area contributed by atoms with Crippen LogP contribution in [-0.2, 0) is 0 Å². The number of nitrogens with one attached hydrogen (secondary N) is 2. The third-order valence-electron chi connectivity index (χ3n) is 5.85. The minimum absolute atomic E-state index is 0. The second kappa shape index (κ2) is 12.7. The molecule has 0 aromatic heterocycles. The van der Waals surface area contributed by atoms with Gasteiger partial charge in [0.2, 0.25) is 0 Å². The number of likely N-dealkylation sites (N-methyl/N-ethyl adjacent to an activating group) is 1. The van der Waals surface area contributed by atoms with Gasteiger partial charge in [-0.1, -0.05) is 13.0 Å². The van der Waals surface area contributed by atoms with Gasteiger partial charge in [-0.3, -0.25) is 4.99 Å². The van der Waals surface area contributed by atoms with Gasteiger partial charge in [0, 0.05) is 64.9 Å². The standard InChI is InChI=1S/C22H36F2N6.HI/c1-4-25-22(26-14-17(2)15-29-12-10-28(3)11-13-29)27-18-8-9-30(16-18)21-19(23)6-5-7-20(21)24;/h5-7,17-18H,4,8-16H2,1-3H3,(H2,25,26,27);1H. The van der Waals surface area contributed by atoms with E-state index < -0.39 is 11.6 Å². The zero-order chi connectivity index (χ0) is 21.5. The second-order valence-corrected chi connectivity index (χ2v) is 8.57. The molecule has 1 aromatic carbocycles. The van der Waals surface area contributed by atoms with Crippen LogP contribution in [-0.4, -0.2) is 87.8 Å². The summed E-state index contributed by atoms with van der Waals surface area (Å²) < 4.78 is 28.2. The van der Waals surface area contributed by atoms with Gasteiger partial charge in [-0.25, -0.2) is 8.78 Å². The zero-order valence-corrected chi connectivity index (χ0v) is 21.2. The molecule has 31 heavy (non-hydrogen) atoms. The fourth-order valence-corrected chi connectivity index (χ4v) is 4.16. The van der Waals surface area contributed by atoms with E-state index in [1.807, 2.05) is 6.92 Å². The molecular formula is C22H37F2IN6. The van der Waals surface area contributed by atoms with Crippen LogP contribution in [0, 0.1) is 17.6 Å². The van der Waals surface area contributed by atoms with Gasteiger partial charge in [0.25, 0.3) is 0 Å². The predicted molar refractivity (Wildman–Crippen MR) is 135 cm³/mol. The molecule has 0 aliphatic carbocycles. The van der Waals surface area contributed by atoms with E-state index in [1.165, 1.54) is 18.2 Å². The first-order valence-electron chi connectivity index (χ1n) is 11.1. The van der Waals surface area contributed by atoms with Gasteiger partial charge in [0.05, 0.1) is 0 Å². The van der Waals surface area contributed by atoms with Gasteiger partial charge in [0.15, 0.2) is 5.96 Å². The molecule has 3 rings (SSSR count). The van der Waals surface area contributed by atoms with Crippen molar-refractivity contribution in [3.05, 3.63) is 29.8 Å². The fraction of sp³-hybridized carbons (Fsp3) is 0.682. The maximum atomic E-state index is 14.1. The number of aliphatic imine (C=N–C) groups is 1. The molecule has 0 radical (unpaired) electrons. The molecule has 2 N–H and O–H groups in total. The predicted octanol–water partition coefficient (Wildman–Crippen LogP) is 2.60. The Morgan fingerprint density at radius 3 is 2.48 bits per heavy atom. The smallest absolute Gasteiger partial charge is 0.191 e. The highest BCUT2D eigenvalue weighted by atomic mass is 127. The first-order chi connectivity index (χ1) is 14.5. The molecule has 2 fully saturated rings. The lowest BCUT2D eigenvalue weighted by Crippen LogP contribution is -2.46. The molecule has 2 saturated heterocycles. The largest absolute Gasteiger partial charge is 0.365 e. The van der Waals surface area contributed by atoms with Crippen molar-refractivity contribution in [1.82, 2.24) is 20.4 Å². The van der Waals surface area contributed by atoms with Crippen molar-refractivity contribution in [2.45, 2.75) is 26.3 Å². The Labute approximate surface area is 202 Å². The molecule has 2 unspecified atom stereocenters. The Morgan fingerprint density at radius 1 is 1.16 bits per heavy atom. The molecule has 0 bridgehead atoms. The summed E-state index contributed by atoms with van der Waals surface area (Å²) in [5, 5.41) is 6.76. The van der Waals surface area contributed by atoms with Gasteiger partial charge in [-0.2, -0.15) is 0 Å². The minimum Gasteiger partial charge on any atom is -0.365 e. The summed E-state index contributed by atoms with van der Waals surface area (Å²) in [5.74, 6) is 0.239. The first kappa shape index (κ1) is 26.1. The van der Waals surface area contributed by atoms with E-state index >= 15 is 0 Å². The molecule has 9 heteroatoms. The highest BCUT2D eigenvalue weighted by molar-refractivity contribution is 14.0. The lowest BCUT2D eigenvalue weighted by Gasteiger charge is -2.33. The fourth-order valence-electron chi connectivity index (χ4n) is 4.16. The Balaban J connectivity index is 0.00000341. The van der Waals surface area contributed by atoms with E-state index in [9.17, 15) is 8.78 Å². The van der Waals surface area contributed by atoms with Crippen molar-refractivity contribution in [1.29, 1.82) is 0 Å². The molecule has 2 heterocycles. The van der Waals surface area contributed by atoms with Crippen molar-refractivity contribution in [3.8, 4) is 0 Å². The number of nitrogens with zero attached hydrogens (tertiary/aromatic N) is 4. The molecule has 1 aromatic rings.